The zero-order valence-electron chi connectivity index (χ0n) is 14.8. The maximum atomic E-state index is 12.6. The van der Waals surface area contributed by atoms with E-state index in [2.05, 4.69) is 0 Å². The lowest BCUT2D eigenvalue weighted by molar-refractivity contribution is -0.128. The predicted molar refractivity (Wildman–Crippen MR) is 93.7 cm³/mol. The topological polar surface area (TPSA) is 77.5 Å². The lowest BCUT2D eigenvalue weighted by Gasteiger charge is -2.36. The van der Waals surface area contributed by atoms with Crippen molar-refractivity contribution >= 4 is 21.7 Å². The quantitative estimate of drug-likeness (QED) is 0.573. The van der Waals surface area contributed by atoms with Gasteiger partial charge in [-0.15, -0.1) is 0 Å². The summed E-state index contributed by atoms with van der Waals surface area (Å²) < 4.78 is 30.4. The van der Waals surface area contributed by atoms with Crippen LogP contribution in [-0.4, -0.2) is 31.8 Å². The van der Waals surface area contributed by atoms with Crippen LogP contribution in [0.3, 0.4) is 0 Å². The van der Waals surface area contributed by atoms with E-state index in [0.29, 0.717) is 18.4 Å². The Hall–Kier alpha value is -1.53. The standard InChI is InChI=1S/C19H24O5S/c1-13(17(21)14-7-5-4-6-8-14)24-25(22,23)12-19-10-9-15(11-16(19)20)18(19,2)3/h4-8,13,15H,9-12H2,1-3H3. The SMILES string of the molecule is CC(OS(=O)(=O)CC12CCC(CC1=O)C2(C)C)C(=O)c1ccccc1. The first-order valence-electron chi connectivity index (χ1n) is 8.63. The second-order valence-electron chi connectivity index (χ2n) is 7.84. The fourth-order valence-electron chi connectivity index (χ4n) is 4.54. The van der Waals surface area contributed by atoms with Crippen LogP contribution >= 0.6 is 0 Å². The maximum absolute atomic E-state index is 12.6. The monoisotopic (exact) mass is 364 g/mol. The van der Waals surface area contributed by atoms with E-state index in [-0.39, 0.29) is 28.7 Å². The molecule has 1 aromatic rings. The summed E-state index contributed by atoms with van der Waals surface area (Å²) in [7, 11) is -4.01. The Morgan fingerprint density at radius 3 is 2.44 bits per heavy atom. The van der Waals surface area contributed by atoms with Crippen molar-refractivity contribution in [1.82, 2.24) is 0 Å². The molecular weight excluding hydrogens is 340 g/mol. The third-order valence-corrected chi connectivity index (χ3v) is 7.71. The highest BCUT2D eigenvalue weighted by molar-refractivity contribution is 7.86. The zero-order chi connectivity index (χ0) is 18.5. The highest BCUT2D eigenvalue weighted by Gasteiger charge is 2.65. The number of benzene rings is 1. The summed E-state index contributed by atoms with van der Waals surface area (Å²) in [6.07, 6.45) is 0.779. The van der Waals surface area contributed by atoms with Crippen molar-refractivity contribution < 1.29 is 22.2 Å². The van der Waals surface area contributed by atoms with Crippen LogP contribution in [0, 0.1) is 16.7 Å². The normalized spacial score (nSPS) is 28.9. The molecule has 0 aromatic heterocycles. The Labute approximate surface area is 148 Å². The molecule has 2 bridgehead atoms. The van der Waals surface area contributed by atoms with Gasteiger partial charge >= 0.3 is 0 Å². The highest BCUT2D eigenvalue weighted by atomic mass is 32.2. The second-order valence-corrected chi connectivity index (χ2v) is 9.43. The molecule has 0 heterocycles. The minimum absolute atomic E-state index is 0.0166. The molecule has 3 atom stereocenters. The van der Waals surface area contributed by atoms with Gasteiger partial charge in [-0.25, -0.2) is 0 Å². The molecule has 25 heavy (non-hydrogen) atoms. The van der Waals surface area contributed by atoms with Gasteiger partial charge in [-0.05, 0) is 31.1 Å². The van der Waals surface area contributed by atoms with Gasteiger partial charge in [0.2, 0.25) is 0 Å². The third-order valence-electron chi connectivity index (χ3n) is 6.28. The zero-order valence-corrected chi connectivity index (χ0v) is 15.6. The highest BCUT2D eigenvalue weighted by Crippen LogP contribution is 2.64. The van der Waals surface area contributed by atoms with E-state index in [1.54, 1.807) is 30.3 Å². The lowest BCUT2D eigenvalue weighted by Crippen LogP contribution is -2.43. The predicted octanol–water partition coefficient (Wildman–Crippen LogP) is 3.00. The van der Waals surface area contributed by atoms with E-state index < -0.39 is 21.6 Å². The Morgan fingerprint density at radius 2 is 1.92 bits per heavy atom. The van der Waals surface area contributed by atoms with Crippen molar-refractivity contribution in [2.24, 2.45) is 16.7 Å². The number of Topliss-reactive ketones (excluding diaryl/α,β-unsaturated/α-hetero) is 2. The molecule has 6 heteroatoms. The Kier molecular flexibility index (Phi) is 4.40. The van der Waals surface area contributed by atoms with Gasteiger partial charge in [-0.3, -0.25) is 13.8 Å². The Bertz CT molecular complexity index is 796. The third kappa shape index (κ3) is 2.95. The van der Waals surface area contributed by atoms with Crippen molar-refractivity contribution in [3.05, 3.63) is 35.9 Å². The van der Waals surface area contributed by atoms with Gasteiger partial charge in [0.1, 0.15) is 11.9 Å². The largest absolute Gasteiger partial charge is 0.299 e. The minimum atomic E-state index is -4.01. The average molecular weight is 364 g/mol. The van der Waals surface area contributed by atoms with Crippen LogP contribution < -0.4 is 0 Å². The summed E-state index contributed by atoms with van der Waals surface area (Å²) in [5.41, 5.74) is -0.833. The Morgan fingerprint density at radius 1 is 1.28 bits per heavy atom. The van der Waals surface area contributed by atoms with E-state index in [9.17, 15) is 18.0 Å². The van der Waals surface area contributed by atoms with E-state index in [1.807, 2.05) is 13.8 Å². The van der Waals surface area contributed by atoms with Crippen molar-refractivity contribution in [3.63, 3.8) is 0 Å². The summed E-state index contributed by atoms with van der Waals surface area (Å²) in [5.74, 6) is -0.473. The molecule has 0 N–H and O–H groups in total. The minimum Gasteiger partial charge on any atom is -0.299 e. The van der Waals surface area contributed by atoms with Gasteiger partial charge in [-0.2, -0.15) is 8.42 Å². The number of rotatable bonds is 6. The van der Waals surface area contributed by atoms with Crippen LogP contribution in [0.5, 0.6) is 0 Å². The van der Waals surface area contributed by atoms with Gasteiger partial charge < -0.3 is 0 Å². The number of hydrogen-bond donors (Lipinski definition) is 0. The van der Waals surface area contributed by atoms with Gasteiger partial charge in [-0.1, -0.05) is 44.2 Å². The van der Waals surface area contributed by atoms with Gasteiger partial charge in [0.25, 0.3) is 10.1 Å². The number of carbonyl (C=O) groups excluding carboxylic acids is 2. The Balaban J connectivity index is 1.77. The molecule has 2 aliphatic rings. The summed E-state index contributed by atoms with van der Waals surface area (Å²) in [4.78, 5) is 24.9. The number of hydrogen-bond acceptors (Lipinski definition) is 5. The van der Waals surface area contributed by atoms with Gasteiger partial charge in [0, 0.05) is 12.0 Å². The molecule has 5 nitrogen and oxygen atoms in total. The molecule has 136 valence electrons. The van der Waals surface area contributed by atoms with E-state index in [0.717, 1.165) is 6.42 Å². The van der Waals surface area contributed by atoms with Gasteiger partial charge in [0.15, 0.2) is 5.78 Å². The van der Waals surface area contributed by atoms with Crippen LogP contribution in [0.15, 0.2) is 30.3 Å². The molecule has 3 unspecified atom stereocenters. The first-order chi connectivity index (χ1) is 11.6. The van der Waals surface area contributed by atoms with Crippen molar-refractivity contribution in [3.8, 4) is 0 Å². The molecule has 3 rings (SSSR count). The summed E-state index contributed by atoms with van der Waals surface area (Å²) >= 11 is 0. The van der Waals surface area contributed by atoms with Crippen LogP contribution in [-0.2, 0) is 19.1 Å². The van der Waals surface area contributed by atoms with E-state index in [4.69, 9.17) is 4.18 Å². The second kappa shape index (κ2) is 6.02. The first kappa shape index (κ1) is 18.3. The molecule has 0 saturated heterocycles. The van der Waals surface area contributed by atoms with Crippen LogP contribution in [0.1, 0.15) is 50.4 Å². The van der Waals surface area contributed by atoms with Crippen molar-refractivity contribution in [1.29, 1.82) is 0 Å². The number of carbonyl (C=O) groups is 2. The van der Waals surface area contributed by atoms with Crippen LogP contribution in [0.25, 0.3) is 0 Å². The fraction of sp³-hybridized carbons (Fsp3) is 0.579. The smallest absolute Gasteiger partial charge is 0.269 e. The maximum Gasteiger partial charge on any atom is 0.269 e. The number of fused-ring (bicyclic) bond motifs is 2. The van der Waals surface area contributed by atoms with E-state index in [1.165, 1.54) is 6.92 Å². The summed E-state index contributed by atoms with van der Waals surface area (Å²) in [6.45, 7) is 5.39. The summed E-state index contributed by atoms with van der Waals surface area (Å²) in [5, 5.41) is 0. The summed E-state index contributed by atoms with van der Waals surface area (Å²) in [6, 6.07) is 8.46. The van der Waals surface area contributed by atoms with Crippen molar-refractivity contribution in [2.45, 2.75) is 46.1 Å². The number of ketones is 2. The molecule has 2 fully saturated rings. The van der Waals surface area contributed by atoms with Crippen LogP contribution in [0.4, 0.5) is 0 Å². The van der Waals surface area contributed by atoms with E-state index >= 15 is 0 Å². The fourth-order valence-corrected chi connectivity index (χ4v) is 6.42. The molecule has 2 saturated carbocycles. The van der Waals surface area contributed by atoms with Gasteiger partial charge in [0.05, 0.1) is 11.2 Å². The molecule has 2 aliphatic carbocycles. The molecule has 0 aliphatic heterocycles. The molecular formula is C19H24O5S. The van der Waals surface area contributed by atoms with Crippen molar-refractivity contribution in [2.75, 3.05) is 5.75 Å². The van der Waals surface area contributed by atoms with Crippen LogP contribution in [0.2, 0.25) is 0 Å². The first-order valence-corrected chi connectivity index (χ1v) is 10.2. The molecule has 0 spiro atoms. The molecule has 1 aromatic carbocycles. The molecule has 0 radical (unpaired) electrons. The lowest BCUT2D eigenvalue weighted by atomic mass is 9.70. The average Bonchev–Trinajstić information content (AvgIpc) is 2.88. The molecule has 0 amide bonds.